The predicted molar refractivity (Wildman–Crippen MR) is 88.3 cm³/mol. The van der Waals surface area contributed by atoms with Gasteiger partial charge in [-0.25, -0.2) is 4.79 Å². The van der Waals surface area contributed by atoms with Crippen molar-refractivity contribution in [2.24, 2.45) is 0 Å². The van der Waals surface area contributed by atoms with Crippen LogP contribution in [-0.4, -0.2) is 48.2 Å². The largest absolute Gasteiger partial charge is 0.497 e. The molecule has 1 atom stereocenters. The number of aryl methyl sites for hydroxylation is 1. The molecule has 2 rings (SSSR count). The van der Waals surface area contributed by atoms with Crippen molar-refractivity contribution >= 4 is 23.6 Å². The van der Waals surface area contributed by atoms with E-state index in [1.54, 1.807) is 38.1 Å². The third-order valence-corrected chi connectivity index (χ3v) is 5.11. The zero-order valence-electron chi connectivity index (χ0n) is 13.3. The number of aliphatic carboxylic acids is 1. The molecule has 126 valence electrons. The molecule has 0 radical (unpaired) electrons. The van der Waals surface area contributed by atoms with Gasteiger partial charge in [-0.2, -0.15) is 11.8 Å². The average molecular weight is 339 g/mol. The molecule has 1 fully saturated rings. The van der Waals surface area contributed by atoms with Crippen LogP contribution in [0.5, 0.6) is 11.5 Å². The Labute approximate surface area is 139 Å². The minimum atomic E-state index is -1.12. The van der Waals surface area contributed by atoms with Crippen molar-refractivity contribution < 1.29 is 24.2 Å². The van der Waals surface area contributed by atoms with Crippen LogP contribution in [-0.2, 0) is 16.0 Å². The maximum Gasteiger partial charge on any atom is 0.330 e. The summed E-state index contributed by atoms with van der Waals surface area (Å²) >= 11 is 1.54. The number of carbonyl (C=O) groups excluding carboxylic acids is 1. The zero-order valence-corrected chi connectivity index (χ0v) is 14.1. The van der Waals surface area contributed by atoms with E-state index in [0.29, 0.717) is 30.1 Å². The maximum atomic E-state index is 12.2. The zero-order chi connectivity index (χ0) is 16.9. The summed E-state index contributed by atoms with van der Waals surface area (Å²) in [5, 5.41) is 12.1. The van der Waals surface area contributed by atoms with Gasteiger partial charge in [0.25, 0.3) is 0 Å². The fourth-order valence-corrected chi connectivity index (χ4v) is 3.87. The number of ether oxygens (including phenoxy) is 2. The van der Waals surface area contributed by atoms with Crippen molar-refractivity contribution in [2.75, 3.05) is 25.7 Å². The van der Waals surface area contributed by atoms with Crippen LogP contribution in [0.2, 0.25) is 0 Å². The smallest absolute Gasteiger partial charge is 0.330 e. The minimum absolute atomic E-state index is 0.198. The van der Waals surface area contributed by atoms with Crippen LogP contribution in [0.3, 0.4) is 0 Å². The van der Waals surface area contributed by atoms with Gasteiger partial charge >= 0.3 is 5.97 Å². The molecule has 0 saturated carbocycles. The number of carboxylic acids is 1. The Morgan fingerprint density at radius 3 is 2.70 bits per heavy atom. The van der Waals surface area contributed by atoms with Gasteiger partial charge < -0.3 is 19.9 Å². The fourth-order valence-electron chi connectivity index (χ4n) is 2.54. The SMILES string of the molecule is COc1ccc(OC)c(CCC(=O)NC2(C(=O)O)CCSC2)c1. The summed E-state index contributed by atoms with van der Waals surface area (Å²) in [6, 6.07) is 5.40. The third-order valence-electron chi connectivity index (χ3n) is 3.92. The molecular weight excluding hydrogens is 318 g/mol. The molecule has 7 heteroatoms. The molecule has 1 heterocycles. The highest BCUT2D eigenvalue weighted by molar-refractivity contribution is 7.99. The highest BCUT2D eigenvalue weighted by Crippen LogP contribution is 2.29. The van der Waals surface area contributed by atoms with Gasteiger partial charge in [0.1, 0.15) is 17.0 Å². The highest BCUT2D eigenvalue weighted by atomic mass is 32.2. The molecule has 1 amide bonds. The molecule has 6 nitrogen and oxygen atoms in total. The molecule has 2 N–H and O–H groups in total. The summed E-state index contributed by atoms with van der Waals surface area (Å²) in [5.74, 6) is 1.31. The van der Waals surface area contributed by atoms with Crippen LogP contribution in [0.25, 0.3) is 0 Å². The lowest BCUT2D eigenvalue weighted by Crippen LogP contribution is -2.54. The van der Waals surface area contributed by atoms with E-state index in [1.807, 2.05) is 6.07 Å². The molecule has 1 aliphatic rings. The Kier molecular flexibility index (Phi) is 5.76. The third kappa shape index (κ3) is 4.10. The quantitative estimate of drug-likeness (QED) is 0.787. The highest BCUT2D eigenvalue weighted by Gasteiger charge is 2.43. The Bertz CT molecular complexity index is 584. The van der Waals surface area contributed by atoms with E-state index < -0.39 is 11.5 Å². The first-order chi connectivity index (χ1) is 11.0. The number of thioether (sulfide) groups is 1. The summed E-state index contributed by atoms with van der Waals surface area (Å²) in [4.78, 5) is 23.6. The summed E-state index contributed by atoms with van der Waals surface area (Å²) in [6.45, 7) is 0. The second-order valence-electron chi connectivity index (χ2n) is 5.42. The number of carbonyl (C=O) groups is 2. The van der Waals surface area contributed by atoms with E-state index in [1.165, 1.54) is 0 Å². The second kappa shape index (κ2) is 7.59. The van der Waals surface area contributed by atoms with Crippen LogP contribution in [0.4, 0.5) is 0 Å². The number of rotatable bonds is 7. The number of methoxy groups -OCH3 is 2. The van der Waals surface area contributed by atoms with Crippen molar-refractivity contribution in [3.8, 4) is 11.5 Å². The molecule has 0 bridgehead atoms. The van der Waals surface area contributed by atoms with Gasteiger partial charge in [-0.3, -0.25) is 4.79 Å². The summed E-state index contributed by atoms with van der Waals surface area (Å²) in [7, 11) is 3.15. The lowest BCUT2D eigenvalue weighted by molar-refractivity contribution is -0.146. The van der Waals surface area contributed by atoms with Crippen molar-refractivity contribution in [2.45, 2.75) is 24.8 Å². The number of benzene rings is 1. The summed E-state index contributed by atoms with van der Waals surface area (Å²) in [6.07, 6.45) is 1.11. The Morgan fingerprint density at radius 1 is 1.35 bits per heavy atom. The number of carboxylic acid groups (broad SMARTS) is 1. The number of hydrogen-bond acceptors (Lipinski definition) is 5. The van der Waals surface area contributed by atoms with Gasteiger partial charge in [-0.15, -0.1) is 0 Å². The first-order valence-corrected chi connectivity index (χ1v) is 8.49. The van der Waals surface area contributed by atoms with Crippen LogP contribution in [0.15, 0.2) is 18.2 Å². The molecule has 1 aromatic carbocycles. The van der Waals surface area contributed by atoms with Crippen LogP contribution in [0, 0.1) is 0 Å². The second-order valence-corrected chi connectivity index (χ2v) is 6.52. The first kappa shape index (κ1) is 17.5. The summed E-state index contributed by atoms with van der Waals surface area (Å²) < 4.78 is 10.5. The molecule has 1 saturated heterocycles. The van der Waals surface area contributed by atoms with E-state index in [4.69, 9.17) is 9.47 Å². The lowest BCUT2D eigenvalue weighted by atomic mass is 9.98. The molecule has 1 unspecified atom stereocenters. The number of hydrogen-bond donors (Lipinski definition) is 2. The standard InChI is InChI=1S/C16H21NO5S/c1-21-12-4-5-13(22-2)11(9-12)3-6-14(18)17-16(15(19)20)7-8-23-10-16/h4-5,9H,3,6-8,10H2,1-2H3,(H,17,18)(H,19,20). The first-order valence-electron chi connectivity index (χ1n) is 7.34. The minimum Gasteiger partial charge on any atom is -0.497 e. The van der Waals surface area contributed by atoms with Crippen molar-refractivity contribution in [3.05, 3.63) is 23.8 Å². The molecule has 0 aromatic heterocycles. The molecular formula is C16H21NO5S. The van der Waals surface area contributed by atoms with Gasteiger partial charge in [-0.1, -0.05) is 0 Å². The van der Waals surface area contributed by atoms with Gasteiger partial charge in [0.2, 0.25) is 5.91 Å². The van der Waals surface area contributed by atoms with Gasteiger partial charge in [0.05, 0.1) is 14.2 Å². The van der Waals surface area contributed by atoms with E-state index >= 15 is 0 Å². The van der Waals surface area contributed by atoms with Crippen molar-refractivity contribution in [1.29, 1.82) is 0 Å². The Morgan fingerprint density at radius 2 is 2.13 bits per heavy atom. The normalized spacial score (nSPS) is 20.1. The fraction of sp³-hybridized carbons (Fsp3) is 0.500. The maximum absolute atomic E-state index is 12.2. The average Bonchev–Trinajstić information content (AvgIpc) is 3.02. The molecule has 23 heavy (non-hydrogen) atoms. The van der Waals surface area contributed by atoms with Crippen molar-refractivity contribution in [3.63, 3.8) is 0 Å². The van der Waals surface area contributed by atoms with E-state index in [0.717, 1.165) is 11.3 Å². The molecule has 1 aromatic rings. The topological polar surface area (TPSA) is 84.9 Å². The van der Waals surface area contributed by atoms with Gasteiger partial charge in [0.15, 0.2) is 0 Å². The van der Waals surface area contributed by atoms with Crippen molar-refractivity contribution in [1.82, 2.24) is 5.32 Å². The predicted octanol–water partition coefficient (Wildman–Crippen LogP) is 1.71. The Hall–Kier alpha value is -1.89. The van der Waals surface area contributed by atoms with E-state index in [-0.39, 0.29) is 12.3 Å². The van der Waals surface area contributed by atoms with Crippen LogP contribution in [0.1, 0.15) is 18.4 Å². The van der Waals surface area contributed by atoms with Gasteiger partial charge in [0, 0.05) is 12.2 Å². The molecule has 0 spiro atoms. The Balaban J connectivity index is 2.00. The molecule has 1 aliphatic heterocycles. The van der Waals surface area contributed by atoms with Crippen LogP contribution >= 0.6 is 11.8 Å². The van der Waals surface area contributed by atoms with E-state index in [9.17, 15) is 14.7 Å². The van der Waals surface area contributed by atoms with Gasteiger partial charge in [-0.05, 0) is 42.4 Å². The number of amides is 1. The number of nitrogens with one attached hydrogen (secondary N) is 1. The summed E-state index contributed by atoms with van der Waals surface area (Å²) in [5.41, 5.74) is -0.271. The van der Waals surface area contributed by atoms with Crippen LogP contribution < -0.4 is 14.8 Å². The lowest BCUT2D eigenvalue weighted by Gasteiger charge is -2.24. The monoisotopic (exact) mass is 339 g/mol. The van der Waals surface area contributed by atoms with E-state index in [2.05, 4.69) is 5.32 Å². The molecule has 0 aliphatic carbocycles.